The lowest BCUT2D eigenvalue weighted by Crippen LogP contribution is -2.63. The number of carbonyl (C=O) groups is 2. The molecule has 0 aromatic carbocycles. The first-order valence-electron chi connectivity index (χ1n) is 13.5. The average Bonchev–Trinajstić information content (AvgIpc) is 3.24. The zero-order valence-corrected chi connectivity index (χ0v) is 22.3. The first-order chi connectivity index (χ1) is 17.6. The van der Waals surface area contributed by atoms with Gasteiger partial charge in [0.1, 0.15) is 6.61 Å². The summed E-state index contributed by atoms with van der Waals surface area (Å²) >= 11 is 6.16. The molecule has 5 aliphatic carbocycles. The van der Waals surface area contributed by atoms with Gasteiger partial charge in [-0.3, -0.25) is 14.4 Å². The van der Waals surface area contributed by atoms with Crippen molar-refractivity contribution in [3.05, 3.63) is 58.7 Å². The number of allylic oxidation sites excluding steroid dienone is 9. The van der Waals surface area contributed by atoms with Crippen molar-refractivity contribution in [2.75, 3.05) is 19.7 Å². The Balaban J connectivity index is 1.32. The van der Waals surface area contributed by atoms with Crippen LogP contribution in [0.5, 0.6) is 0 Å². The van der Waals surface area contributed by atoms with Crippen molar-refractivity contribution < 1.29 is 24.6 Å². The molecule has 3 saturated carbocycles. The maximum absolute atomic E-state index is 13.6. The minimum Gasteiger partial charge on any atom is -0.393 e. The molecule has 0 bridgehead atoms. The average molecular weight is 526 g/mol. The van der Waals surface area contributed by atoms with E-state index in [1.165, 1.54) is 0 Å². The van der Waals surface area contributed by atoms with Crippen LogP contribution >= 0.6 is 11.6 Å². The number of hydrogen-bond acceptors (Lipinski definition) is 6. The van der Waals surface area contributed by atoms with Gasteiger partial charge in [0.2, 0.25) is 0 Å². The maximum atomic E-state index is 13.6. The normalized spacial score (nSPS) is 44.7. The Bertz CT molecular complexity index is 1180. The second kappa shape index (κ2) is 8.85. The van der Waals surface area contributed by atoms with E-state index in [2.05, 4.69) is 13.8 Å². The summed E-state index contributed by atoms with van der Waals surface area (Å²) < 4.78 is 0. The summed E-state index contributed by atoms with van der Waals surface area (Å²) in [4.78, 5) is 32.4. The molecule has 2 N–H and O–H groups in total. The van der Waals surface area contributed by atoms with Gasteiger partial charge in [-0.15, -0.1) is 0 Å². The van der Waals surface area contributed by atoms with E-state index in [0.29, 0.717) is 31.0 Å². The number of nitrogens with zero attached hydrogens (tertiary/aromatic N) is 1. The number of fused-ring (bicyclic) bond motifs is 7. The van der Waals surface area contributed by atoms with Crippen LogP contribution in [0.3, 0.4) is 0 Å². The summed E-state index contributed by atoms with van der Waals surface area (Å²) in [6, 6.07) is 0. The third-order valence-electron chi connectivity index (χ3n) is 10.6. The molecule has 4 fully saturated rings. The zero-order chi connectivity index (χ0) is 26.2. The molecule has 1 aliphatic heterocycles. The van der Waals surface area contributed by atoms with E-state index in [1.807, 2.05) is 35.4 Å². The molecule has 1 heterocycles. The van der Waals surface area contributed by atoms with Crippen LogP contribution in [0, 0.1) is 34.5 Å². The quantitative estimate of drug-likeness (QED) is 0.576. The number of halogens is 1. The lowest BCUT2D eigenvalue weighted by atomic mass is 9.46. The number of aliphatic hydroxyl groups excluding tert-OH is 2. The van der Waals surface area contributed by atoms with Crippen molar-refractivity contribution >= 4 is 23.2 Å². The number of Topliss-reactive ketones (excluding diaryl/α,β-unsaturated/α-hetero) is 1. The van der Waals surface area contributed by atoms with Crippen molar-refractivity contribution in [1.29, 1.82) is 0 Å². The molecular weight excluding hydrogens is 490 g/mol. The highest BCUT2D eigenvalue weighted by atomic mass is 35.5. The van der Waals surface area contributed by atoms with Crippen molar-refractivity contribution in [1.82, 2.24) is 5.06 Å². The van der Waals surface area contributed by atoms with Gasteiger partial charge in [0.05, 0.1) is 6.10 Å². The number of hydroxylamine groups is 2. The molecule has 1 saturated heterocycles. The van der Waals surface area contributed by atoms with Crippen molar-refractivity contribution in [2.24, 2.45) is 34.5 Å². The standard InChI is InChI=1S/C30H36ClNO5/c1-28-11-10-22(34)12-19(28)7-9-23-24-13-20-16-32(15-18-4-3-5-21(31)8-6-18)37-30(20,26(36)17-33)29(24,2)14-25(35)27(23)28/h3-5,8,10-12,20,23-25,27,33,35H,6-7,9,13-17H2,1-2H3/t20-,23?,24?,25?,27?,28?,29?,30-/m0/s1. The van der Waals surface area contributed by atoms with Crippen LogP contribution in [0.4, 0.5) is 0 Å². The topological polar surface area (TPSA) is 87.1 Å². The summed E-state index contributed by atoms with van der Waals surface area (Å²) in [7, 11) is 0. The fraction of sp³-hybridized carbons (Fsp3) is 0.600. The van der Waals surface area contributed by atoms with Gasteiger partial charge < -0.3 is 10.2 Å². The third kappa shape index (κ3) is 3.60. The van der Waals surface area contributed by atoms with E-state index >= 15 is 0 Å². The van der Waals surface area contributed by atoms with Crippen LogP contribution < -0.4 is 0 Å². The van der Waals surface area contributed by atoms with E-state index in [0.717, 1.165) is 30.4 Å². The van der Waals surface area contributed by atoms with Gasteiger partial charge in [0.25, 0.3) is 0 Å². The Morgan fingerprint density at radius 3 is 2.89 bits per heavy atom. The lowest BCUT2D eigenvalue weighted by molar-refractivity contribution is -0.249. The highest BCUT2D eigenvalue weighted by Gasteiger charge is 2.75. The van der Waals surface area contributed by atoms with Crippen LogP contribution in [-0.4, -0.2) is 58.2 Å². The number of aliphatic hydroxyl groups is 2. The zero-order valence-electron chi connectivity index (χ0n) is 21.5. The smallest absolute Gasteiger partial charge is 0.192 e. The predicted molar refractivity (Wildman–Crippen MR) is 140 cm³/mol. The Hall–Kier alpha value is -1.83. The monoisotopic (exact) mass is 525 g/mol. The minimum absolute atomic E-state index is 0.00870. The fourth-order valence-corrected chi connectivity index (χ4v) is 9.29. The van der Waals surface area contributed by atoms with Crippen molar-refractivity contribution in [3.63, 3.8) is 0 Å². The molecule has 37 heavy (non-hydrogen) atoms. The molecule has 198 valence electrons. The van der Waals surface area contributed by atoms with E-state index < -0.39 is 23.7 Å². The Morgan fingerprint density at radius 2 is 2.11 bits per heavy atom. The molecule has 0 aromatic heterocycles. The largest absolute Gasteiger partial charge is 0.393 e. The molecule has 0 amide bonds. The first-order valence-corrected chi connectivity index (χ1v) is 13.9. The number of ketones is 2. The van der Waals surface area contributed by atoms with Crippen LogP contribution in [0.1, 0.15) is 46.0 Å². The third-order valence-corrected chi connectivity index (χ3v) is 10.9. The summed E-state index contributed by atoms with van der Waals surface area (Å²) in [5.41, 5.74) is 0.152. The van der Waals surface area contributed by atoms with E-state index in [1.54, 1.807) is 12.2 Å². The molecule has 6 aliphatic rings. The van der Waals surface area contributed by atoms with Crippen LogP contribution in [0.25, 0.3) is 0 Å². The fourth-order valence-electron chi connectivity index (χ4n) is 9.14. The second-order valence-corrected chi connectivity index (χ2v) is 12.8. The van der Waals surface area contributed by atoms with Crippen LogP contribution in [-0.2, 0) is 14.4 Å². The number of carbonyl (C=O) groups excluding carboxylic acids is 2. The number of rotatable bonds is 4. The molecule has 6 unspecified atom stereocenters. The Morgan fingerprint density at radius 1 is 1.30 bits per heavy atom. The van der Waals surface area contributed by atoms with Gasteiger partial charge in [-0.1, -0.05) is 55.3 Å². The van der Waals surface area contributed by atoms with Gasteiger partial charge in [-0.25, -0.2) is 0 Å². The highest BCUT2D eigenvalue weighted by molar-refractivity contribution is 6.31. The summed E-state index contributed by atoms with van der Waals surface area (Å²) in [5.74, 6) is 0.0815. The molecular formula is C30H36ClNO5. The lowest BCUT2D eigenvalue weighted by Gasteiger charge is -2.59. The molecule has 6 rings (SSSR count). The molecule has 6 nitrogen and oxygen atoms in total. The maximum Gasteiger partial charge on any atom is 0.192 e. The van der Waals surface area contributed by atoms with E-state index in [4.69, 9.17) is 16.4 Å². The first kappa shape index (κ1) is 25.4. The van der Waals surface area contributed by atoms with Gasteiger partial charge in [-0.2, -0.15) is 5.06 Å². The molecule has 0 radical (unpaired) electrons. The van der Waals surface area contributed by atoms with Crippen LogP contribution in [0.15, 0.2) is 58.7 Å². The summed E-state index contributed by atoms with van der Waals surface area (Å²) in [6.45, 7) is 4.86. The molecule has 8 atom stereocenters. The Labute approximate surface area is 223 Å². The van der Waals surface area contributed by atoms with Gasteiger partial charge in [-0.05, 0) is 67.7 Å². The highest BCUT2D eigenvalue weighted by Crippen LogP contribution is 2.70. The van der Waals surface area contributed by atoms with Gasteiger partial charge in [0.15, 0.2) is 17.2 Å². The minimum atomic E-state index is -1.15. The Kier molecular flexibility index (Phi) is 6.09. The summed E-state index contributed by atoms with van der Waals surface area (Å²) in [5, 5.41) is 24.5. The summed E-state index contributed by atoms with van der Waals surface area (Å²) in [6.07, 6.45) is 16.3. The van der Waals surface area contributed by atoms with Gasteiger partial charge in [0, 0.05) is 40.8 Å². The number of hydrogen-bond donors (Lipinski definition) is 2. The van der Waals surface area contributed by atoms with E-state index in [9.17, 15) is 19.8 Å². The van der Waals surface area contributed by atoms with Crippen LogP contribution in [0.2, 0.25) is 0 Å². The predicted octanol–water partition coefficient (Wildman–Crippen LogP) is 4.05. The molecule has 0 spiro atoms. The van der Waals surface area contributed by atoms with Gasteiger partial charge >= 0.3 is 0 Å². The van der Waals surface area contributed by atoms with Crippen molar-refractivity contribution in [3.8, 4) is 0 Å². The molecule has 7 heteroatoms. The molecule has 0 aromatic rings. The van der Waals surface area contributed by atoms with E-state index in [-0.39, 0.29) is 40.7 Å². The second-order valence-electron chi connectivity index (χ2n) is 12.4. The van der Waals surface area contributed by atoms with Crippen molar-refractivity contribution in [2.45, 2.75) is 57.7 Å². The SMILES string of the molecule is CC12C=CC(=O)C=C1CCC1C2C(O)CC2(C)C1C[C@H]1CN(CC3=CC=CC(Cl)=CC3)O[C@]12C(=O)CO.